The molecule has 3 fully saturated rings. The van der Waals surface area contributed by atoms with Crippen LogP contribution in [0.5, 0.6) is 11.8 Å². The van der Waals surface area contributed by atoms with Crippen LogP contribution >= 0.6 is 0 Å². The third-order valence-corrected chi connectivity index (χ3v) is 9.89. The average molecular weight is 699 g/mol. The first-order valence-corrected chi connectivity index (χ1v) is 16.9. The Bertz CT molecular complexity index is 1930. The van der Waals surface area contributed by atoms with Crippen molar-refractivity contribution in [3.05, 3.63) is 47.2 Å². The molecule has 0 aliphatic carbocycles. The van der Waals surface area contributed by atoms with Gasteiger partial charge in [0.1, 0.15) is 35.2 Å². The second kappa shape index (κ2) is 14.1. The summed E-state index contributed by atoms with van der Waals surface area (Å²) in [4.78, 5) is 19.2. The Labute approximate surface area is 286 Å². The first-order valence-electron chi connectivity index (χ1n) is 16.9. The van der Waals surface area contributed by atoms with E-state index in [-0.39, 0.29) is 45.7 Å². The first-order chi connectivity index (χ1) is 24.0. The van der Waals surface area contributed by atoms with Crippen LogP contribution in [0.2, 0.25) is 0 Å². The van der Waals surface area contributed by atoms with Crippen molar-refractivity contribution in [2.24, 2.45) is 0 Å². The van der Waals surface area contributed by atoms with Crippen LogP contribution in [-0.4, -0.2) is 87.3 Å². The van der Waals surface area contributed by atoms with Crippen molar-refractivity contribution in [1.82, 2.24) is 25.2 Å². The second-order valence-corrected chi connectivity index (χ2v) is 12.7. The fraction of sp³-hybridized carbons (Fsp3) is 0.472. The highest BCUT2D eigenvalue weighted by molar-refractivity contribution is 6.03. The number of fused-ring (bicyclic) bond motifs is 4. The van der Waals surface area contributed by atoms with Gasteiger partial charge in [-0.2, -0.15) is 9.97 Å². The molecule has 4 aliphatic rings. The summed E-state index contributed by atoms with van der Waals surface area (Å²) in [6.07, 6.45) is 6.51. The molecule has 4 aromatic rings. The molecule has 8 rings (SSSR count). The molecule has 0 saturated carbocycles. The number of nitrogens with zero attached hydrogens (tertiary/aromatic N) is 5. The number of alkyl halides is 3. The Morgan fingerprint density at radius 1 is 1.06 bits per heavy atom. The van der Waals surface area contributed by atoms with Crippen molar-refractivity contribution >= 4 is 27.5 Å². The Kier molecular flexibility index (Phi) is 10.0. The number of nitrogens with one attached hydrogen (secondary N) is 1. The average Bonchev–Trinajstić information content (AvgIpc) is 3.63. The summed E-state index contributed by atoms with van der Waals surface area (Å²) in [6, 6.07) is 5.95. The molecule has 266 valence electrons. The molecule has 4 aliphatic heterocycles. The molecular formula is C36H39F5N6O3. The van der Waals surface area contributed by atoms with Gasteiger partial charge in [-0.25, -0.2) is 13.8 Å². The number of pyridine rings is 1. The highest BCUT2D eigenvalue weighted by atomic mass is 19.4. The lowest BCUT2D eigenvalue weighted by atomic mass is 9.95. The van der Waals surface area contributed by atoms with E-state index in [1.165, 1.54) is 24.3 Å². The minimum Gasteiger partial charge on any atom is -0.508 e. The fourth-order valence-electron chi connectivity index (χ4n) is 7.85. The standard InChI is InChI=1S/C33H32F2N6O2.C2H6.CHF3O/c1-2-22-24(34)7-5-19-15-21(42)16-23(26(19)22)29-28(35)30-27-25(37-29)8-6-20-17-36-11-14-41(20)31(27)39-32(38-30)43-18-33-9-3-12-40(33)13-4-10-33;1-2;2-1(3,4)5/h1,5,7,15-16,20,36,42H,3-4,6,8-14,17-18H2;1-2H3;5H. The molecule has 9 nitrogen and oxygen atoms in total. The number of ether oxygens (including phenoxy) is 1. The number of hydrogen-bond donors (Lipinski definition) is 3. The van der Waals surface area contributed by atoms with Crippen LogP contribution in [0.4, 0.5) is 27.8 Å². The van der Waals surface area contributed by atoms with Gasteiger partial charge in [0.2, 0.25) is 0 Å². The smallest absolute Gasteiger partial charge is 0.508 e. The molecule has 3 saturated heterocycles. The van der Waals surface area contributed by atoms with Crippen molar-refractivity contribution in [3.63, 3.8) is 0 Å². The van der Waals surface area contributed by atoms with Crippen molar-refractivity contribution in [3.8, 4) is 35.4 Å². The molecule has 6 heterocycles. The molecule has 14 heteroatoms. The number of aryl methyl sites for hydroxylation is 1. The maximum Gasteiger partial charge on any atom is 0.519 e. The molecule has 2 aromatic carbocycles. The third-order valence-electron chi connectivity index (χ3n) is 9.89. The number of halogens is 5. The Morgan fingerprint density at radius 3 is 2.48 bits per heavy atom. The minimum atomic E-state index is -5.00. The summed E-state index contributed by atoms with van der Waals surface area (Å²) in [6.45, 7) is 8.89. The lowest BCUT2D eigenvalue weighted by Gasteiger charge is -2.36. The first kappa shape index (κ1) is 35.5. The predicted octanol–water partition coefficient (Wildman–Crippen LogP) is 6.07. The summed E-state index contributed by atoms with van der Waals surface area (Å²) < 4.78 is 67.9. The summed E-state index contributed by atoms with van der Waals surface area (Å²) in [5, 5.41) is 22.0. The zero-order valence-corrected chi connectivity index (χ0v) is 27.9. The Hall–Kier alpha value is -4.32. The van der Waals surface area contributed by atoms with Crippen molar-refractivity contribution in [2.45, 2.75) is 70.3 Å². The second-order valence-electron chi connectivity index (χ2n) is 12.7. The van der Waals surface area contributed by atoms with Crippen molar-refractivity contribution < 1.29 is 36.9 Å². The number of aromatic hydroxyl groups is 1. The van der Waals surface area contributed by atoms with Crippen LogP contribution in [0, 0.1) is 24.0 Å². The lowest BCUT2D eigenvalue weighted by Crippen LogP contribution is -2.51. The lowest BCUT2D eigenvalue weighted by molar-refractivity contribution is -0.295. The molecular weight excluding hydrogens is 659 g/mol. The number of phenols is 1. The fourth-order valence-corrected chi connectivity index (χ4v) is 7.85. The largest absolute Gasteiger partial charge is 0.519 e. The highest BCUT2D eigenvalue weighted by Crippen LogP contribution is 2.43. The topological polar surface area (TPSA) is 107 Å². The quantitative estimate of drug-likeness (QED) is 0.173. The van der Waals surface area contributed by atoms with Gasteiger partial charge in [0.25, 0.3) is 0 Å². The number of aliphatic hydroxyl groups is 1. The van der Waals surface area contributed by atoms with Gasteiger partial charge < -0.3 is 25.2 Å². The van der Waals surface area contributed by atoms with E-state index in [1.807, 2.05) is 13.8 Å². The molecule has 0 amide bonds. The zero-order valence-electron chi connectivity index (χ0n) is 27.9. The van der Waals surface area contributed by atoms with Crippen LogP contribution in [0.25, 0.3) is 32.9 Å². The molecule has 0 radical (unpaired) electrons. The summed E-state index contributed by atoms with van der Waals surface area (Å²) in [5.41, 5.74) is 0.932. The van der Waals surface area contributed by atoms with Crippen LogP contribution < -0.4 is 15.0 Å². The Morgan fingerprint density at radius 2 is 1.78 bits per heavy atom. The maximum atomic E-state index is 16.9. The summed E-state index contributed by atoms with van der Waals surface area (Å²) in [7, 11) is 0. The molecule has 0 bridgehead atoms. The van der Waals surface area contributed by atoms with Gasteiger partial charge in [0, 0.05) is 36.6 Å². The number of anilines is 1. The summed E-state index contributed by atoms with van der Waals surface area (Å²) >= 11 is 0. The van der Waals surface area contributed by atoms with E-state index in [0.29, 0.717) is 40.7 Å². The number of benzene rings is 2. The van der Waals surface area contributed by atoms with E-state index in [0.717, 1.165) is 64.8 Å². The van der Waals surface area contributed by atoms with E-state index in [9.17, 15) is 22.7 Å². The monoisotopic (exact) mass is 698 g/mol. The normalized spacial score (nSPS) is 19.4. The SMILES string of the molecule is C#Cc1c(F)ccc2cc(O)cc(-c3nc4c5c(nc(OCC67CCCN6CCC7)nc5c3F)N3CCNCC3CC4)c12.CC.OC(F)(F)F. The van der Waals surface area contributed by atoms with Crippen molar-refractivity contribution in [1.29, 1.82) is 0 Å². The molecule has 50 heavy (non-hydrogen) atoms. The van der Waals surface area contributed by atoms with Gasteiger partial charge in [-0.05, 0) is 75.2 Å². The number of terminal acetylenes is 1. The van der Waals surface area contributed by atoms with Gasteiger partial charge in [0.15, 0.2) is 5.82 Å². The van der Waals surface area contributed by atoms with Gasteiger partial charge >= 0.3 is 12.4 Å². The molecule has 0 spiro atoms. The summed E-state index contributed by atoms with van der Waals surface area (Å²) in [5.74, 6) is 1.68. The number of piperazine rings is 1. The third kappa shape index (κ3) is 6.74. The van der Waals surface area contributed by atoms with E-state index >= 15 is 4.39 Å². The number of hydrogen-bond acceptors (Lipinski definition) is 9. The van der Waals surface area contributed by atoms with Gasteiger partial charge in [-0.3, -0.25) is 4.90 Å². The van der Waals surface area contributed by atoms with Gasteiger partial charge in [-0.1, -0.05) is 25.8 Å². The molecule has 1 atom stereocenters. The minimum absolute atomic E-state index is 0.00722. The highest BCUT2D eigenvalue weighted by Gasteiger charge is 2.45. The van der Waals surface area contributed by atoms with Crippen LogP contribution in [0.3, 0.4) is 0 Å². The molecule has 3 N–H and O–H groups in total. The van der Waals surface area contributed by atoms with E-state index in [1.54, 1.807) is 0 Å². The Balaban J connectivity index is 0.000000570. The van der Waals surface area contributed by atoms with Crippen LogP contribution in [0.15, 0.2) is 24.3 Å². The predicted molar refractivity (Wildman–Crippen MR) is 180 cm³/mol. The van der Waals surface area contributed by atoms with Crippen molar-refractivity contribution in [2.75, 3.05) is 44.2 Å². The van der Waals surface area contributed by atoms with Gasteiger partial charge in [0.05, 0.1) is 22.2 Å². The number of phenolic OH excluding ortho intramolecular Hbond substituents is 1. The zero-order chi connectivity index (χ0) is 35.8. The van der Waals surface area contributed by atoms with Crippen LogP contribution in [-0.2, 0) is 6.42 Å². The maximum absolute atomic E-state index is 16.9. The van der Waals surface area contributed by atoms with Crippen LogP contribution in [0.1, 0.15) is 57.2 Å². The molecule has 2 aromatic heterocycles. The van der Waals surface area contributed by atoms with E-state index < -0.39 is 18.0 Å². The molecule has 1 unspecified atom stereocenters. The number of rotatable bonds is 4. The van der Waals surface area contributed by atoms with Gasteiger partial charge in [-0.15, -0.1) is 19.6 Å². The van der Waals surface area contributed by atoms with E-state index in [2.05, 4.69) is 21.0 Å². The van der Waals surface area contributed by atoms with E-state index in [4.69, 9.17) is 31.2 Å². The number of aromatic nitrogens is 3.